The molecule has 104 valence electrons. The van der Waals surface area contributed by atoms with E-state index in [9.17, 15) is 13.2 Å². The Morgan fingerprint density at radius 1 is 1.37 bits per heavy atom. The van der Waals surface area contributed by atoms with Crippen LogP contribution in [-0.4, -0.2) is 27.5 Å². The van der Waals surface area contributed by atoms with Gasteiger partial charge in [0.1, 0.15) is 0 Å². The smallest absolute Gasteiger partial charge is 0.238 e. The van der Waals surface area contributed by atoms with Crippen LogP contribution in [-0.2, 0) is 26.1 Å². The van der Waals surface area contributed by atoms with E-state index in [0.29, 0.717) is 19.8 Å². The molecule has 1 aliphatic rings. The summed E-state index contributed by atoms with van der Waals surface area (Å²) in [7, 11) is -3.67. The predicted octanol–water partition coefficient (Wildman–Crippen LogP) is -0.0133. The number of amides is 1. The molecule has 0 aliphatic carbocycles. The van der Waals surface area contributed by atoms with Crippen LogP contribution in [0.2, 0.25) is 0 Å². The molecule has 1 saturated heterocycles. The predicted molar refractivity (Wildman–Crippen MR) is 68.6 cm³/mol. The molecule has 6 nitrogen and oxygen atoms in total. The van der Waals surface area contributed by atoms with E-state index in [1.165, 1.54) is 12.1 Å². The zero-order valence-corrected chi connectivity index (χ0v) is 11.2. The van der Waals surface area contributed by atoms with Crippen molar-refractivity contribution in [2.24, 2.45) is 11.1 Å². The minimum absolute atomic E-state index is 0.0342. The molecule has 7 heteroatoms. The molecule has 0 radical (unpaired) electrons. The van der Waals surface area contributed by atoms with Gasteiger partial charge in [-0.25, -0.2) is 13.6 Å². The molecule has 1 unspecified atom stereocenters. The largest absolute Gasteiger partial charge is 0.381 e. The lowest BCUT2D eigenvalue weighted by Gasteiger charge is -2.09. The third-order valence-electron chi connectivity index (χ3n) is 3.02. The molecule has 0 spiro atoms. The van der Waals surface area contributed by atoms with Crippen molar-refractivity contribution in [3.8, 4) is 0 Å². The summed E-state index contributed by atoms with van der Waals surface area (Å²) < 4.78 is 27.3. The summed E-state index contributed by atoms with van der Waals surface area (Å²) in [6.45, 7) is 1.46. The highest BCUT2D eigenvalue weighted by Gasteiger charge is 2.22. The maximum Gasteiger partial charge on any atom is 0.238 e. The number of benzene rings is 1. The summed E-state index contributed by atoms with van der Waals surface area (Å²) in [4.78, 5) is 11.8. The van der Waals surface area contributed by atoms with Gasteiger partial charge in [0.2, 0.25) is 15.9 Å². The van der Waals surface area contributed by atoms with E-state index in [-0.39, 0.29) is 16.7 Å². The Labute approximate surface area is 112 Å². The summed E-state index contributed by atoms with van der Waals surface area (Å²) in [5, 5.41) is 7.80. The normalized spacial score (nSPS) is 19.3. The van der Waals surface area contributed by atoms with Crippen LogP contribution < -0.4 is 10.5 Å². The van der Waals surface area contributed by atoms with Crippen molar-refractivity contribution >= 4 is 15.9 Å². The van der Waals surface area contributed by atoms with E-state index in [4.69, 9.17) is 9.88 Å². The molecule has 1 heterocycles. The van der Waals surface area contributed by atoms with Crippen LogP contribution in [0.1, 0.15) is 12.0 Å². The van der Waals surface area contributed by atoms with Crippen molar-refractivity contribution in [1.82, 2.24) is 5.32 Å². The fourth-order valence-electron chi connectivity index (χ4n) is 1.87. The lowest BCUT2D eigenvalue weighted by Crippen LogP contribution is -2.30. The Morgan fingerprint density at radius 3 is 2.58 bits per heavy atom. The fourth-order valence-corrected chi connectivity index (χ4v) is 2.39. The Morgan fingerprint density at radius 2 is 2.05 bits per heavy atom. The minimum atomic E-state index is -3.67. The quantitative estimate of drug-likeness (QED) is 0.812. The second-order valence-corrected chi connectivity index (χ2v) is 6.03. The first-order valence-electron chi connectivity index (χ1n) is 5.94. The Hall–Kier alpha value is -1.44. The summed E-state index contributed by atoms with van der Waals surface area (Å²) in [5.41, 5.74) is 0.819. The molecule has 3 N–H and O–H groups in total. The molecule has 0 aromatic heterocycles. The third-order valence-corrected chi connectivity index (χ3v) is 3.95. The number of nitrogens with one attached hydrogen (secondary N) is 1. The molecule has 2 rings (SSSR count). The maximum atomic E-state index is 11.7. The second kappa shape index (κ2) is 5.68. The van der Waals surface area contributed by atoms with Crippen molar-refractivity contribution in [2.75, 3.05) is 13.2 Å². The van der Waals surface area contributed by atoms with E-state index in [1.807, 2.05) is 0 Å². The number of ether oxygens (including phenoxy) is 1. The average Bonchev–Trinajstić information content (AvgIpc) is 2.89. The zero-order valence-electron chi connectivity index (χ0n) is 10.3. The molecule has 1 aromatic carbocycles. The van der Waals surface area contributed by atoms with Gasteiger partial charge in [-0.05, 0) is 24.1 Å². The Kier molecular flexibility index (Phi) is 4.18. The van der Waals surface area contributed by atoms with Crippen LogP contribution in [0.3, 0.4) is 0 Å². The number of carbonyl (C=O) groups excluding carboxylic acids is 1. The SMILES string of the molecule is NS(=O)(=O)c1ccc(CNC(=O)C2CCOC2)cc1. The first kappa shape index (κ1) is 14.0. The van der Waals surface area contributed by atoms with E-state index in [1.54, 1.807) is 12.1 Å². The number of hydrogen-bond acceptors (Lipinski definition) is 4. The van der Waals surface area contributed by atoms with Gasteiger partial charge in [0, 0.05) is 13.2 Å². The molecule has 0 saturated carbocycles. The Bertz CT molecular complexity index is 548. The van der Waals surface area contributed by atoms with Crippen molar-refractivity contribution in [2.45, 2.75) is 17.9 Å². The number of sulfonamides is 1. The van der Waals surface area contributed by atoms with Gasteiger partial charge in [-0.1, -0.05) is 12.1 Å². The summed E-state index contributed by atoms with van der Waals surface area (Å²) in [6, 6.07) is 6.11. The van der Waals surface area contributed by atoms with Crippen LogP contribution in [0.25, 0.3) is 0 Å². The molecular weight excluding hydrogens is 268 g/mol. The second-order valence-electron chi connectivity index (χ2n) is 4.47. The van der Waals surface area contributed by atoms with Gasteiger partial charge in [0.25, 0.3) is 0 Å². The van der Waals surface area contributed by atoms with Crippen LogP contribution in [0.4, 0.5) is 0 Å². The first-order valence-corrected chi connectivity index (χ1v) is 7.48. The van der Waals surface area contributed by atoms with Gasteiger partial charge in [-0.3, -0.25) is 4.79 Å². The summed E-state index contributed by atoms with van der Waals surface area (Å²) >= 11 is 0. The van der Waals surface area contributed by atoms with E-state index in [2.05, 4.69) is 5.32 Å². The van der Waals surface area contributed by atoms with Crippen LogP contribution in [0.15, 0.2) is 29.2 Å². The fraction of sp³-hybridized carbons (Fsp3) is 0.417. The number of primary sulfonamides is 1. The summed E-state index contributed by atoms with van der Waals surface area (Å²) in [6.07, 6.45) is 0.746. The van der Waals surface area contributed by atoms with E-state index in [0.717, 1.165) is 12.0 Å². The average molecular weight is 284 g/mol. The zero-order chi connectivity index (χ0) is 13.9. The van der Waals surface area contributed by atoms with Crippen molar-refractivity contribution in [3.05, 3.63) is 29.8 Å². The molecule has 1 aliphatic heterocycles. The molecular formula is C12H16N2O4S. The molecule has 1 fully saturated rings. The highest BCUT2D eigenvalue weighted by molar-refractivity contribution is 7.89. The Balaban J connectivity index is 1.91. The maximum absolute atomic E-state index is 11.7. The first-order chi connectivity index (χ1) is 8.97. The highest BCUT2D eigenvalue weighted by atomic mass is 32.2. The van der Waals surface area contributed by atoms with Gasteiger partial charge >= 0.3 is 0 Å². The topological polar surface area (TPSA) is 98.5 Å². The molecule has 1 amide bonds. The van der Waals surface area contributed by atoms with Crippen molar-refractivity contribution in [3.63, 3.8) is 0 Å². The molecule has 19 heavy (non-hydrogen) atoms. The summed E-state index contributed by atoms with van der Waals surface area (Å²) in [5.74, 6) is -0.114. The van der Waals surface area contributed by atoms with Gasteiger partial charge in [0.15, 0.2) is 0 Å². The van der Waals surface area contributed by atoms with Gasteiger partial charge in [0.05, 0.1) is 17.4 Å². The number of nitrogens with two attached hydrogens (primary N) is 1. The molecule has 1 atom stereocenters. The third kappa shape index (κ3) is 3.76. The number of hydrogen-bond donors (Lipinski definition) is 2. The lowest BCUT2D eigenvalue weighted by molar-refractivity contribution is -0.125. The van der Waals surface area contributed by atoms with Gasteiger partial charge < -0.3 is 10.1 Å². The van der Waals surface area contributed by atoms with Crippen molar-refractivity contribution in [1.29, 1.82) is 0 Å². The van der Waals surface area contributed by atoms with Crippen LogP contribution >= 0.6 is 0 Å². The monoisotopic (exact) mass is 284 g/mol. The minimum Gasteiger partial charge on any atom is -0.381 e. The number of carbonyl (C=O) groups is 1. The highest BCUT2D eigenvalue weighted by Crippen LogP contribution is 2.13. The van der Waals surface area contributed by atoms with Gasteiger partial charge in [-0.15, -0.1) is 0 Å². The lowest BCUT2D eigenvalue weighted by atomic mass is 10.1. The molecule has 1 aromatic rings. The van der Waals surface area contributed by atoms with E-state index >= 15 is 0 Å². The standard InChI is InChI=1S/C12H16N2O4S/c13-19(16,17)11-3-1-9(2-4-11)7-14-12(15)10-5-6-18-8-10/h1-4,10H,5-8H2,(H,14,15)(H2,13,16,17). The van der Waals surface area contributed by atoms with Crippen LogP contribution in [0.5, 0.6) is 0 Å². The van der Waals surface area contributed by atoms with Crippen LogP contribution in [0, 0.1) is 5.92 Å². The number of rotatable bonds is 4. The molecule has 0 bridgehead atoms. The van der Waals surface area contributed by atoms with Crippen molar-refractivity contribution < 1.29 is 17.9 Å². The van der Waals surface area contributed by atoms with Gasteiger partial charge in [-0.2, -0.15) is 0 Å². The van der Waals surface area contributed by atoms with E-state index < -0.39 is 10.0 Å².